The molecule has 0 amide bonds. The molecule has 3 aromatic rings. The van der Waals surface area contributed by atoms with Crippen LogP contribution in [0.5, 0.6) is 5.75 Å². The summed E-state index contributed by atoms with van der Waals surface area (Å²) in [5.41, 5.74) is 2.73. The van der Waals surface area contributed by atoms with Gasteiger partial charge in [0.15, 0.2) is 5.69 Å². The number of ether oxygens (including phenoxy) is 1. The van der Waals surface area contributed by atoms with E-state index in [9.17, 15) is 4.79 Å². The van der Waals surface area contributed by atoms with Crippen LogP contribution in [0.2, 0.25) is 0 Å². The van der Waals surface area contributed by atoms with E-state index in [2.05, 4.69) is 44.5 Å². The molecule has 0 spiro atoms. The summed E-state index contributed by atoms with van der Waals surface area (Å²) in [5, 5.41) is 11.3. The largest absolute Gasteiger partial charge is 0.497 e. The summed E-state index contributed by atoms with van der Waals surface area (Å²) in [6.45, 7) is 4.49. The average molecular weight is 391 g/mol. The molecule has 4 rings (SSSR count). The number of aromatic amines is 1. The summed E-state index contributed by atoms with van der Waals surface area (Å²) >= 11 is 0. The van der Waals surface area contributed by atoms with E-state index in [-0.39, 0.29) is 11.3 Å². The third kappa shape index (κ3) is 4.39. The van der Waals surface area contributed by atoms with E-state index in [0.717, 1.165) is 30.4 Å². The SMILES string of the molecule is COc1ccc(-c2nnc(Nc3ccc(N4CCCC(C)C4)cc3)[nH]c2=O)cc1. The van der Waals surface area contributed by atoms with E-state index in [1.54, 1.807) is 31.4 Å². The van der Waals surface area contributed by atoms with Gasteiger partial charge in [0.25, 0.3) is 5.56 Å². The van der Waals surface area contributed by atoms with Crippen molar-refractivity contribution in [3.8, 4) is 17.0 Å². The molecule has 2 heterocycles. The Morgan fingerprint density at radius 2 is 1.86 bits per heavy atom. The molecule has 2 N–H and O–H groups in total. The number of anilines is 3. The quantitative estimate of drug-likeness (QED) is 0.688. The van der Waals surface area contributed by atoms with Crippen molar-refractivity contribution in [2.75, 3.05) is 30.4 Å². The van der Waals surface area contributed by atoms with Crippen LogP contribution in [0.3, 0.4) is 0 Å². The zero-order chi connectivity index (χ0) is 20.2. The number of benzene rings is 2. The van der Waals surface area contributed by atoms with E-state index in [4.69, 9.17) is 4.74 Å². The second kappa shape index (κ2) is 8.34. The highest BCUT2D eigenvalue weighted by Gasteiger charge is 2.16. The zero-order valence-electron chi connectivity index (χ0n) is 16.7. The lowest BCUT2D eigenvalue weighted by Crippen LogP contribution is -2.34. The van der Waals surface area contributed by atoms with E-state index < -0.39 is 0 Å². The van der Waals surface area contributed by atoms with Gasteiger partial charge in [0.2, 0.25) is 5.95 Å². The molecule has 1 fully saturated rings. The maximum absolute atomic E-state index is 12.4. The average Bonchev–Trinajstić information content (AvgIpc) is 2.75. The first-order valence-electron chi connectivity index (χ1n) is 9.86. The van der Waals surface area contributed by atoms with Gasteiger partial charge in [0.05, 0.1) is 7.11 Å². The monoisotopic (exact) mass is 391 g/mol. The van der Waals surface area contributed by atoms with Crippen LogP contribution in [0.1, 0.15) is 19.8 Å². The molecule has 0 radical (unpaired) electrons. The lowest BCUT2D eigenvalue weighted by Gasteiger charge is -2.32. The van der Waals surface area contributed by atoms with Crippen molar-refractivity contribution in [3.63, 3.8) is 0 Å². The van der Waals surface area contributed by atoms with E-state index in [1.165, 1.54) is 18.5 Å². The van der Waals surface area contributed by atoms with Crippen LogP contribution in [0.25, 0.3) is 11.3 Å². The van der Waals surface area contributed by atoms with Gasteiger partial charge >= 0.3 is 0 Å². The number of aromatic nitrogens is 3. The molecule has 1 aromatic heterocycles. The molecule has 7 heteroatoms. The van der Waals surface area contributed by atoms with Crippen LogP contribution < -0.4 is 20.5 Å². The minimum absolute atomic E-state index is 0.271. The molecule has 1 aliphatic heterocycles. The Hall–Kier alpha value is -3.35. The molecule has 150 valence electrons. The maximum atomic E-state index is 12.4. The fourth-order valence-corrected chi connectivity index (χ4v) is 3.65. The zero-order valence-corrected chi connectivity index (χ0v) is 16.7. The van der Waals surface area contributed by atoms with Gasteiger partial charge < -0.3 is 15.0 Å². The number of piperidine rings is 1. The Morgan fingerprint density at radius 3 is 2.52 bits per heavy atom. The predicted molar refractivity (Wildman–Crippen MR) is 115 cm³/mol. The minimum atomic E-state index is -0.299. The van der Waals surface area contributed by atoms with Crippen molar-refractivity contribution in [2.24, 2.45) is 5.92 Å². The smallest absolute Gasteiger partial charge is 0.279 e. The molecule has 1 atom stereocenters. The number of H-pyrrole nitrogens is 1. The summed E-state index contributed by atoms with van der Waals surface area (Å²) in [5.74, 6) is 1.76. The molecule has 0 saturated carbocycles. The summed E-state index contributed by atoms with van der Waals surface area (Å²) in [6, 6.07) is 15.3. The number of nitrogens with zero attached hydrogens (tertiary/aromatic N) is 3. The molecule has 2 aromatic carbocycles. The highest BCUT2D eigenvalue weighted by atomic mass is 16.5. The Kier molecular flexibility index (Phi) is 5.46. The number of hydrogen-bond donors (Lipinski definition) is 2. The fourth-order valence-electron chi connectivity index (χ4n) is 3.65. The van der Waals surface area contributed by atoms with Gasteiger partial charge in [0, 0.05) is 30.0 Å². The molecule has 0 bridgehead atoms. The van der Waals surface area contributed by atoms with Gasteiger partial charge in [-0.15, -0.1) is 10.2 Å². The van der Waals surface area contributed by atoms with Crippen LogP contribution in [-0.4, -0.2) is 35.4 Å². The van der Waals surface area contributed by atoms with Gasteiger partial charge in [-0.25, -0.2) is 0 Å². The van der Waals surface area contributed by atoms with Crippen LogP contribution in [0, 0.1) is 5.92 Å². The van der Waals surface area contributed by atoms with Crippen molar-refractivity contribution in [2.45, 2.75) is 19.8 Å². The number of hydrogen-bond acceptors (Lipinski definition) is 6. The van der Waals surface area contributed by atoms with Gasteiger partial charge in [-0.1, -0.05) is 6.92 Å². The summed E-state index contributed by atoms with van der Waals surface area (Å²) in [4.78, 5) is 17.6. The topological polar surface area (TPSA) is 83.1 Å². The van der Waals surface area contributed by atoms with Gasteiger partial charge in [-0.3, -0.25) is 9.78 Å². The molecular weight excluding hydrogens is 366 g/mol. The van der Waals surface area contributed by atoms with Crippen LogP contribution in [0.4, 0.5) is 17.3 Å². The Balaban J connectivity index is 1.46. The first-order valence-corrected chi connectivity index (χ1v) is 9.86. The molecular formula is C22H25N5O2. The Morgan fingerprint density at radius 1 is 1.10 bits per heavy atom. The molecule has 1 aliphatic rings. The van der Waals surface area contributed by atoms with Crippen molar-refractivity contribution >= 4 is 17.3 Å². The standard InChI is InChI=1S/C22H25N5O2/c1-15-4-3-13-27(14-15)18-9-7-17(8-10-18)23-22-24-21(28)20(25-26-22)16-5-11-19(29-2)12-6-16/h5-12,15H,3-4,13-14H2,1-2H3,(H2,23,24,26,28). The van der Waals surface area contributed by atoms with Crippen molar-refractivity contribution in [1.82, 2.24) is 15.2 Å². The van der Waals surface area contributed by atoms with Crippen molar-refractivity contribution < 1.29 is 4.74 Å². The molecule has 1 unspecified atom stereocenters. The summed E-state index contributed by atoms with van der Waals surface area (Å²) < 4.78 is 5.14. The second-order valence-corrected chi connectivity index (χ2v) is 7.45. The van der Waals surface area contributed by atoms with Crippen molar-refractivity contribution in [1.29, 1.82) is 0 Å². The van der Waals surface area contributed by atoms with Crippen LogP contribution >= 0.6 is 0 Å². The van der Waals surface area contributed by atoms with Crippen LogP contribution in [0.15, 0.2) is 53.3 Å². The number of rotatable bonds is 5. The molecule has 1 saturated heterocycles. The minimum Gasteiger partial charge on any atom is -0.497 e. The van der Waals surface area contributed by atoms with Gasteiger partial charge in [-0.2, -0.15) is 0 Å². The van der Waals surface area contributed by atoms with Gasteiger partial charge in [0.1, 0.15) is 5.75 Å². The van der Waals surface area contributed by atoms with Crippen LogP contribution in [-0.2, 0) is 0 Å². The normalized spacial score (nSPS) is 16.5. The second-order valence-electron chi connectivity index (χ2n) is 7.45. The predicted octanol–water partition coefficient (Wildman–Crippen LogP) is 3.82. The van der Waals surface area contributed by atoms with E-state index in [0.29, 0.717) is 11.5 Å². The Bertz CT molecular complexity index is 1010. The Labute approximate surface area is 169 Å². The molecule has 7 nitrogen and oxygen atoms in total. The maximum Gasteiger partial charge on any atom is 0.279 e. The summed E-state index contributed by atoms with van der Waals surface area (Å²) in [6.07, 6.45) is 2.53. The number of nitrogens with one attached hydrogen (secondary N) is 2. The first-order chi connectivity index (χ1) is 14.1. The van der Waals surface area contributed by atoms with E-state index in [1.807, 2.05) is 12.1 Å². The molecule has 0 aliphatic carbocycles. The number of methoxy groups -OCH3 is 1. The highest BCUT2D eigenvalue weighted by molar-refractivity contribution is 5.61. The molecule has 29 heavy (non-hydrogen) atoms. The highest BCUT2D eigenvalue weighted by Crippen LogP contribution is 2.25. The third-order valence-corrected chi connectivity index (χ3v) is 5.21. The van der Waals surface area contributed by atoms with Crippen molar-refractivity contribution in [3.05, 3.63) is 58.9 Å². The summed E-state index contributed by atoms with van der Waals surface area (Å²) in [7, 11) is 1.60. The van der Waals surface area contributed by atoms with E-state index >= 15 is 0 Å². The lowest BCUT2D eigenvalue weighted by atomic mass is 10.00. The third-order valence-electron chi connectivity index (χ3n) is 5.21. The van der Waals surface area contributed by atoms with Gasteiger partial charge in [-0.05, 0) is 67.3 Å². The lowest BCUT2D eigenvalue weighted by molar-refractivity contribution is 0.415. The fraction of sp³-hybridized carbons (Fsp3) is 0.318. The first kappa shape index (κ1) is 19.0.